The fraction of sp³-hybridized carbons (Fsp3) is 0.855. The monoisotopic (exact) mass is 1450 g/mol. The van der Waals surface area contributed by atoms with Crippen LogP contribution in [0.25, 0.3) is 5.73 Å². The summed E-state index contributed by atoms with van der Waals surface area (Å²) < 4.78 is 48.5. The van der Waals surface area contributed by atoms with Crippen LogP contribution in [0.3, 0.4) is 0 Å². The van der Waals surface area contributed by atoms with Crippen LogP contribution in [0.5, 0.6) is 0 Å². The predicted octanol–water partition coefficient (Wildman–Crippen LogP) is 1.44. The van der Waals surface area contributed by atoms with Gasteiger partial charge >= 0.3 is 35.3 Å². The van der Waals surface area contributed by atoms with Crippen molar-refractivity contribution in [2.24, 2.45) is 11.5 Å². The number of ether oxygens (including phenoxy) is 9. The van der Waals surface area contributed by atoms with Crippen LogP contribution >= 0.6 is 18.8 Å². The van der Waals surface area contributed by atoms with Crippen molar-refractivity contribution < 1.29 is 97.5 Å². The number of rotatable bonds is 60. The van der Waals surface area contributed by atoms with Crippen LogP contribution in [0, 0.1) is 0 Å². The van der Waals surface area contributed by atoms with Crippen molar-refractivity contribution in [3.8, 4) is 0 Å². The summed E-state index contributed by atoms with van der Waals surface area (Å²) in [6.45, 7) is 21.0. The topological polar surface area (TPSA) is 380 Å². The Morgan fingerprint density at radius 2 is 0.541 bits per heavy atom. The quantitative estimate of drug-likeness (QED) is 0.0389. The molecule has 30 heteroatoms. The molecule has 0 aliphatic rings. The van der Waals surface area contributed by atoms with Crippen LogP contribution in [0.2, 0.25) is 0 Å². The third-order valence-corrected chi connectivity index (χ3v) is 10.5. The summed E-state index contributed by atoms with van der Waals surface area (Å²) in [5.41, 5.74) is 17.7. The summed E-state index contributed by atoms with van der Waals surface area (Å²) in [6.07, 6.45) is 7.05. The van der Waals surface area contributed by atoms with Gasteiger partial charge in [0.1, 0.15) is 17.3 Å². The van der Waals surface area contributed by atoms with E-state index in [1.165, 1.54) is 20.8 Å². The Morgan fingerprint density at radius 3 is 0.765 bits per heavy atom. The van der Waals surface area contributed by atoms with E-state index < -0.39 is 16.5 Å². The number of ketones is 3. The van der Waals surface area contributed by atoms with E-state index in [-0.39, 0.29) is 79.0 Å². The van der Waals surface area contributed by atoms with Gasteiger partial charge in [0.25, 0.3) is 0 Å². The number of Topliss-reactive ketones (excluding diaryl/α,β-unsaturated/α-hetero) is 3. The first-order chi connectivity index (χ1) is 41.2. The molecule has 504 valence electrons. The van der Waals surface area contributed by atoms with Gasteiger partial charge in [-0.25, -0.2) is 0 Å². The van der Waals surface area contributed by atoms with Crippen LogP contribution < -0.4 is 48.7 Å². The molecule has 12 N–H and O–H groups in total. The summed E-state index contributed by atoms with van der Waals surface area (Å²) in [6, 6.07) is 0. The predicted molar refractivity (Wildman–Crippen MR) is 324 cm³/mol. The average molecular weight is 1450 g/mol. The maximum absolute atomic E-state index is 11.5. The molecule has 0 aromatic carbocycles. The molecular formula is C55H109Cl2N10O17Pt+. The van der Waals surface area contributed by atoms with Crippen LogP contribution in [0.1, 0.15) is 111 Å². The fourth-order valence-corrected chi connectivity index (χ4v) is 5.98. The van der Waals surface area contributed by atoms with Crippen molar-refractivity contribution in [3.63, 3.8) is 0 Å². The number of nitrogens with two attached hydrogens (primary N) is 2. The van der Waals surface area contributed by atoms with Gasteiger partial charge in [0.05, 0.1) is 79.3 Å². The van der Waals surface area contributed by atoms with Crippen molar-refractivity contribution in [1.29, 1.82) is 0 Å². The normalized spacial score (nSPS) is 10.6. The second kappa shape index (κ2) is 77.2. The molecule has 0 bridgehead atoms. The first-order valence-electron chi connectivity index (χ1n) is 29.5. The number of hydrogen-bond acceptors (Lipinski definition) is 21. The first kappa shape index (κ1) is 88.5. The van der Waals surface area contributed by atoms with Crippen molar-refractivity contribution in [1.82, 2.24) is 37.2 Å². The second-order valence-corrected chi connectivity index (χ2v) is 21.6. The Kier molecular flexibility index (Phi) is 80.3. The van der Waals surface area contributed by atoms with Crippen molar-refractivity contribution in [3.05, 3.63) is 5.73 Å². The van der Waals surface area contributed by atoms with Gasteiger partial charge in [-0.05, 0) is 72.4 Å². The maximum atomic E-state index is 11.5. The molecule has 0 aliphatic heterocycles. The molecule has 0 aliphatic carbocycles. The molecule has 0 rings (SSSR count). The molecule has 0 unspecified atom stereocenters. The van der Waals surface area contributed by atoms with Crippen molar-refractivity contribution >= 4 is 65.7 Å². The van der Waals surface area contributed by atoms with Crippen LogP contribution in [0.4, 0.5) is 0 Å². The van der Waals surface area contributed by atoms with Crippen LogP contribution in [-0.2, 0) is 97.5 Å². The summed E-state index contributed by atoms with van der Waals surface area (Å²) in [4.78, 5) is 89.4. The van der Waals surface area contributed by atoms with Gasteiger partial charge in [0.15, 0.2) is 0 Å². The van der Waals surface area contributed by atoms with Crippen molar-refractivity contribution in [2.75, 3.05) is 197 Å². The molecule has 0 saturated heterocycles. The summed E-state index contributed by atoms with van der Waals surface area (Å²) >= 11 is -0.472. The molecule has 27 nitrogen and oxygen atoms in total. The minimum atomic E-state index is -0.472. The van der Waals surface area contributed by atoms with Gasteiger partial charge in [-0.1, -0.05) is 0 Å². The molecule has 5 amide bonds. The Balaban J connectivity index is -0.000000572. The van der Waals surface area contributed by atoms with Gasteiger partial charge in [-0.2, -0.15) is 0 Å². The number of hydrogen-bond donors (Lipinski definition) is 9. The van der Waals surface area contributed by atoms with E-state index >= 15 is 0 Å². The molecule has 0 spiro atoms. The third-order valence-electron chi connectivity index (χ3n) is 10.5. The van der Waals surface area contributed by atoms with Gasteiger partial charge in [0, 0.05) is 150 Å². The molecule has 0 fully saturated rings. The van der Waals surface area contributed by atoms with Crippen LogP contribution in [-0.4, -0.2) is 244 Å². The first-order valence-corrected chi connectivity index (χ1v) is 35.1. The fourth-order valence-electron chi connectivity index (χ4n) is 5.98. The van der Waals surface area contributed by atoms with Crippen LogP contribution in [0.15, 0.2) is 0 Å². The Bertz CT molecular complexity index is 1490. The van der Waals surface area contributed by atoms with E-state index in [0.717, 1.165) is 38.6 Å². The van der Waals surface area contributed by atoms with Crippen molar-refractivity contribution in [2.45, 2.75) is 111 Å². The van der Waals surface area contributed by atoms with Gasteiger partial charge < -0.3 is 111 Å². The molecule has 0 aromatic rings. The Labute approximate surface area is 523 Å². The number of nitrogens with one attached hydrogen (secondary N) is 8. The Morgan fingerprint density at radius 1 is 0.318 bits per heavy atom. The van der Waals surface area contributed by atoms with Gasteiger partial charge in [-0.15, -0.1) is 6.54 Å². The summed E-state index contributed by atoms with van der Waals surface area (Å²) in [5.74, 6) is -0.202. The molecule has 85 heavy (non-hydrogen) atoms. The molecule has 0 saturated carbocycles. The molecular weight excluding hydrogens is 1340 g/mol. The molecule has 0 atom stereocenters. The number of amides is 5. The second-order valence-electron chi connectivity index (χ2n) is 18.4. The Hall–Kier alpha value is -2.93. The van der Waals surface area contributed by atoms with E-state index in [1.54, 1.807) is 0 Å². The minimum absolute atomic E-state index is 0.00572. The number of carbonyl (C=O) groups is 8. The third kappa shape index (κ3) is 89.9. The van der Waals surface area contributed by atoms with Gasteiger partial charge in [-0.3, -0.25) is 24.0 Å². The summed E-state index contributed by atoms with van der Waals surface area (Å²) in [7, 11) is 9.75. The van der Waals surface area contributed by atoms with Gasteiger partial charge in [0.2, 0.25) is 29.5 Å². The van der Waals surface area contributed by atoms with E-state index in [9.17, 15) is 38.4 Å². The van der Waals surface area contributed by atoms with E-state index in [0.29, 0.717) is 217 Å². The zero-order chi connectivity index (χ0) is 63.8. The van der Waals surface area contributed by atoms with E-state index in [4.69, 9.17) is 78.7 Å². The standard InChI is InChI=1S/C20H40N4O6.C20H39N4O6.C15H30N2O5.2ClH.Pt/c2*1-18(25)4-5-19(26)23-8-2-12-28-14-16-30-17-15-29-13-3-9-24-20(27)6-10-22-11-7-21;1-14(18)4-5-15(19)17-7-3-9-21-11-13-22-12-10-20-8-2-6-16;;;/h22H,2-17,21H2,1H3,(H,23,26)(H,24,27);21-22H,2-17H2,1H3,(H,23,26)(H,24,27);2-13,16H2,1H3,(H,17,19);2*1H;/q;-1;;;;+4/p-2. The number of carbonyl (C=O) groups excluding carboxylic acids is 8. The molecule has 0 radical (unpaired) electrons. The van der Waals surface area contributed by atoms with E-state index in [1.807, 2.05) is 0 Å². The average Bonchev–Trinajstić information content (AvgIpc) is 3.47. The SMILES string of the molecule is CC(=O)CCC(=O)NCCCOCCOCCOCCCN.CC(=O)CCC(=O)NCCCOCCOCCOCCCNC(=O)CCNCCN.CC(=O)CCC(=O)NCCCOCCOCCOCCCNC(=O)CCNCC[NH-].[Cl][Pt+2][Cl]. The summed E-state index contributed by atoms with van der Waals surface area (Å²) in [5, 5.41) is 20.0. The zero-order valence-electron chi connectivity index (χ0n) is 51.3. The number of halogens is 2. The van der Waals surface area contributed by atoms with E-state index in [2.05, 4.69) is 37.2 Å². The molecule has 0 aromatic heterocycles. The molecule has 0 heterocycles. The zero-order valence-corrected chi connectivity index (χ0v) is 55.1.